The molecule has 10 heteroatoms. The molecule has 1 aromatic rings. The molecule has 0 aliphatic carbocycles. The van der Waals surface area contributed by atoms with Crippen molar-refractivity contribution in [2.75, 3.05) is 37.6 Å². The van der Waals surface area contributed by atoms with Gasteiger partial charge in [0.25, 0.3) is 0 Å². The number of nitrogens with two attached hydrogens (primary N) is 1. The van der Waals surface area contributed by atoms with E-state index in [2.05, 4.69) is 15.4 Å². The summed E-state index contributed by atoms with van der Waals surface area (Å²) in [5, 5.41) is 19.3. The minimum atomic E-state index is -4.20. The highest BCUT2D eigenvalue weighted by molar-refractivity contribution is 6.01. The van der Waals surface area contributed by atoms with Crippen LogP contribution in [0.3, 0.4) is 0 Å². The van der Waals surface area contributed by atoms with Crippen LogP contribution in [-0.2, 0) is 0 Å². The molecule has 2 rings (SSSR count). The van der Waals surface area contributed by atoms with Gasteiger partial charge in [0.05, 0.1) is 18.3 Å². The number of anilines is 1. The molecule has 1 fully saturated rings. The first-order valence-electron chi connectivity index (χ1n) is 6.24. The Balaban J connectivity index is 2.06. The number of nitrogens with zero attached hydrogens (tertiary/aromatic N) is 5. The van der Waals surface area contributed by atoms with Gasteiger partial charge in [-0.15, -0.1) is 5.10 Å². The first-order valence-corrected chi connectivity index (χ1v) is 6.24. The fourth-order valence-electron chi connectivity index (χ4n) is 2.18. The standard InChI is InChI=1S/C11H15F3N6O/c12-11(13,14)7-19-3-5-20(6-4-19)10-8(9(15)18-21)1-2-16-17-10/h1-2,21H,3-7H2,(H2,15,18). The molecule has 2 heterocycles. The van der Waals surface area contributed by atoms with Crippen LogP contribution in [0, 0.1) is 0 Å². The monoisotopic (exact) mass is 304 g/mol. The largest absolute Gasteiger partial charge is 0.409 e. The number of hydrogen-bond donors (Lipinski definition) is 2. The van der Waals surface area contributed by atoms with Gasteiger partial charge in [0.15, 0.2) is 11.7 Å². The van der Waals surface area contributed by atoms with E-state index in [0.29, 0.717) is 24.5 Å². The molecule has 116 valence electrons. The third-order valence-electron chi connectivity index (χ3n) is 3.16. The summed E-state index contributed by atoms with van der Waals surface area (Å²) < 4.78 is 37.0. The first-order chi connectivity index (χ1) is 9.90. The summed E-state index contributed by atoms with van der Waals surface area (Å²) >= 11 is 0. The summed E-state index contributed by atoms with van der Waals surface area (Å²) in [5.74, 6) is 0.289. The van der Waals surface area contributed by atoms with Crippen molar-refractivity contribution >= 4 is 11.7 Å². The molecule has 0 amide bonds. The zero-order valence-electron chi connectivity index (χ0n) is 11.1. The average molecular weight is 304 g/mol. The van der Waals surface area contributed by atoms with Crippen LogP contribution in [0.15, 0.2) is 17.4 Å². The molecule has 7 nitrogen and oxygen atoms in total. The third-order valence-corrected chi connectivity index (χ3v) is 3.16. The summed E-state index contributed by atoms with van der Waals surface area (Å²) in [6.45, 7) is 0.312. The van der Waals surface area contributed by atoms with Gasteiger partial charge in [0.1, 0.15) is 0 Å². The highest BCUT2D eigenvalue weighted by atomic mass is 19.4. The van der Waals surface area contributed by atoms with Gasteiger partial charge in [-0.3, -0.25) is 4.90 Å². The van der Waals surface area contributed by atoms with Crippen LogP contribution in [0.2, 0.25) is 0 Å². The molecule has 1 aliphatic rings. The average Bonchev–Trinajstić information content (AvgIpc) is 2.45. The summed E-state index contributed by atoms with van der Waals surface area (Å²) in [5.41, 5.74) is 5.96. The number of piperazine rings is 1. The lowest BCUT2D eigenvalue weighted by molar-refractivity contribution is -0.146. The van der Waals surface area contributed by atoms with Gasteiger partial charge in [0, 0.05) is 26.2 Å². The van der Waals surface area contributed by atoms with E-state index in [-0.39, 0.29) is 18.9 Å². The van der Waals surface area contributed by atoms with Crippen molar-refractivity contribution in [3.63, 3.8) is 0 Å². The predicted molar refractivity (Wildman–Crippen MR) is 69.3 cm³/mol. The van der Waals surface area contributed by atoms with Crippen molar-refractivity contribution < 1.29 is 18.4 Å². The Hall–Kier alpha value is -2.10. The van der Waals surface area contributed by atoms with Crippen LogP contribution < -0.4 is 10.6 Å². The van der Waals surface area contributed by atoms with Gasteiger partial charge in [0.2, 0.25) is 0 Å². The molecule has 0 radical (unpaired) electrons. The molecule has 0 spiro atoms. The highest BCUT2D eigenvalue weighted by Crippen LogP contribution is 2.21. The fraction of sp³-hybridized carbons (Fsp3) is 0.545. The Morgan fingerprint density at radius 3 is 2.57 bits per heavy atom. The van der Waals surface area contributed by atoms with E-state index in [1.54, 1.807) is 11.0 Å². The minimum absolute atomic E-state index is 0.113. The zero-order valence-corrected chi connectivity index (χ0v) is 11.1. The molecular formula is C11H15F3N6O. The van der Waals surface area contributed by atoms with Crippen molar-refractivity contribution in [1.29, 1.82) is 0 Å². The molecule has 21 heavy (non-hydrogen) atoms. The molecule has 1 saturated heterocycles. The van der Waals surface area contributed by atoms with E-state index in [9.17, 15) is 13.2 Å². The highest BCUT2D eigenvalue weighted by Gasteiger charge is 2.32. The second-order valence-electron chi connectivity index (χ2n) is 4.63. The third kappa shape index (κ3) is 3.94. The fourth-order valence-corrected chi connectivity index (χ4v) is 2.18. The second kappa shape index (κ2) is 6.12. The number of amidine groups is 1. The maximum Gasteiger partial charge on any atom is 0.401 e. The van der Waals surface area contributed by atoms with Crippen LogP contribution in [0.1, 0.15) is 5.56 Å². The first kappa shape index (κ1) is 15.3. The van der Waals surface area contributed by atoms with Gasteiger partial charge in [-0.05, 0) is 6.07 Å². The molecule has 0 unspecified atom stereocenters. The van der Waals surface area contributed by atoms with Gasteiger partial charge in [-0.25, -0.2) is 0 Å². The molecule has 3 N–H and O–H groups in total. The van der Waals surface area contributed by atoms with Gasteiger partial charge >= 0.3 is 6.18 Å². The van der Waals surface area contributed by atoms with E-state index >= 15 is 0 Å². The Morgan fingerprint density at radius 1 is 1.33 bits per heavy atom. The lowest BCUT2D eigenvalue weighted by Crippen LogP contribution is -2.49. The maximum absolute atomic E-state index is 12.3. The molecule has 0 bridgehead atoms. The topological polar surface area (TPSA) is 90.9 Å². The predicted octanol–water partition coefficient (Wildman–Crippen LogP) is 0.255. The maximum atomic E-state index is 12.3. The number of rotatable bonds is 3. The van der Waals surface area contributed by atoms with E-state index < -0.39 is 12.7 Å². The second-order valence-corrected chi connectivity index (χ2v) is 4.63. The Bertz CT molecular complexity index is 513. The van der Waals surface area contributed by atoms with Crippen LogP contribution in [0.4, 0.5) is 19.0 Å². The molecular weight excluding hydrogens is 289 g/mol. The van der Waals surface area contributed by atoms with E-state index in [1.165, 1.54) is 11.1 Å². The lowest BCUT2D eigenvalue weighted by Gasteiger charge is -2.35. The molecule has 0 atom stereocenters. The molecule has 1 aliphatic heterocycles. The smallest absolute Gasteiger partial charge is 0.401 e. The number of hydrogen-bond acceptors (Lipinski definition) is 6. The Kier molecular flexibility index (Phi) is 4.46. The van der Waals surface area contributed by atoms with Crippen molar-refractivity contribution in [1.82, 2.24) is 15.1 Å². The number of aromatic nitrogens is 2. The SMILES string of the molecule is N/C(=N/O)c1ccnnc1N1CCN(CC(F)(F)F)CC1. The van der Waals surface area contributed by atoms with Gasteiger partial charge in [-0.1, -0.05) is 5.16 Å². The normalized spacial score (nSPS) is 18.0. The number of alkyl halides is 3. The van der Waals surface area contributed by atoms with Crippen LogP contribution in [-0.4, -0.2) is 65.0 Å². The van der Waals surface area contributed by atoms with Crippen molar-refractivity contribution in [3.8, 4) is 0 Å². The van der Waals surface area contributed by atoms with E-state index in [0.717, 1.165) is 0 Å². The van der Waals surface area contributed by atoms with Crippen molar-refractivity contribution in [2.45, 2.75) is 6.18 Å². The van der Waals surface area contributed by atoms with E-state index in [4.69, 9.17) is 10.9 Å². The quantitative estimate of drug-likeness (QED) is 0.360. The molecule has 0 saturated carbocycles. The number of oxime groups is 1. The Labute approximate surface area is 118 Å². The number of halogens is 3. The lowest BCUT2D eigenvalue weighted by atomic mass is 10.2. The molecule has 0 aromatic carbocycles. The minimum Gasteiger partial charge on any atom is -0.409 e. The van der Waals surface area contributed by atoms with E-state index in [1.807, 2.05) is 0 Å². The summed E-state index contributed by atoms with van der Waals surface area (Å²) in [6, 6.07) is 1.54. The van der Waals surface area contributed by atoms with Crippen LogP contribution in [0.25, 0.3) is 0 Å². The van der Waals surface area contributed by atoms with Crippen molar-refractivity contribution in [3.05, 3.63) is 17.8 Å². The summed E-state index contributed by atoms with van der Waals surface area (Å²) in [4.78, 5) is 3.10. The summed E-state index contributed by atoms with van der Waals surface area (Å²) in [6.07, 6.45) is -2.80. The summed E-state index contributed by atoms with van der Waals surface area (Å²) in [7, 11) is 0. The van der Waals surface area contributed by atoms with Gasteiger partial charge < -0.3 is 15.8 Å². The van der Waals surface area contributed by atoms with Gasteiger partial charge in [-0.2, -0.15) is 18.3 Å². The van der Waals surface area contributed by atoms with Crippen molar-refractivity contribution in [2.24, 2.45) is 10.9 Å². The molecule has 1 aromatic heterocycles. The zero-order chi connectivity index (χ0) is 15.5. The van der Waals surface area contributed by atoms with Crippen LogP contribution in [0.5, 0.6) is 0 Å². The Morgan fingerprint density at radius 2 is 2.00 bits per heavy atom. The van der Waals surface area contributed by atoms with Crippen LogP contribution >= 0.6 is 0 Å².